The maximum absolute atomic E-state index is 13.4. The minimum absolute atomic E-state index is 0.0985. The van der Waals surface area contributed by atoms with Crippen molar-refractivity contribution in [2.45, 2.75) is 12.2 Å². The maximum atomic E-state index is 13.4. The Morgan fingerprint density at radius 1 is 1.14 bits per heavy atom. The summed E-state index contributed by atoms with van der Waals surface area (Å²) >= 11 is 6.02. The molecule has 3 rings (SSSR count). The van der Waals surface area contributed by atoms with Crippen LogP contribution in [-0.4, -0.2) is 25.9 Å². The third-order valence-corrected chi connectivity index (χ3v) is 3.76. The number of ether oxygens (including phenoxy) is 2. The second kappa shape index (κ2) is 6.99. The summed E-state index contributed by atoms with van der Waals surface area (Å²) in [6.07, 6.45) is -0.564. The van der Waals surface area contributed by atoms with E-state index < -0.39 is 12.8 Å². The van der Waals surface area contributed by atoms with E-state index in [1.54, 1.807) is 18.2 Å². The first-order valence-electron chi connectivity index (χ1n) is 7.21. The fourth-order valence-electron chi connectivity index (χ4n) is 2.21. The van der Waals surface area contributed by atoms with Gasteiger partial charge in [-0.3, -0.25) is 0 Å². The first-order chi connectivity index (χ1) is 10.8. The summed E-state index contributed by atoms with van der Waals surface area (Å²) < 4.78 is 25.1. The lowest BCUT2D eigenvalue weighted by Crippen LogP contribution is -2.50. The highest BCUT2D eigenvalue weighted by atomic mass is 35.5. The van der Waals surface area contributed by atoms with Crippen molar-refractivity contribution in [3.05, 3.63) is 59.1 Å². The number of hydrogen-bond acceptors (Lipinski definition) is 3. The van der Waals surface area contributed by atoms with Crippen molar-refractivity contribution in [1.29, 1.82) is 0 Å². The number of nitrogens with one attached hydrogen (secondary N) is 1. The van der Waals surface area contributed by atoms with E-state index in [-0.39, 0.29) is 6.10 Å². The monoisotopic (exact) mass is 321 g/mol. The van der Waals surface area contributed by atoms with Crippen LogP contribution in [0.2, 0.25) is 5.02 Å². The molecule has 22 heavy (non-hydrogen) atoms. The van der Waals surface area contributed by atoms with Gasteiger partial charge in [0.2, 0.25) is 0 Å². The molecule has 116 valence electrons. The molecule has 1 unspecified atom stereocenters. The van der Waals surface area contributed by atoms with Crippen LogP contribution in [0.4, 0.5) is 4.39 Å². The van der Waals surface area contributed by atoms with E-state index in [4.69, 9.17) is 21.1 Å². The molecule has 1 aliphatic heterocycles. The SMILES string of the molecule is FCC(Oc1ccc(Cl)cc1OC1CNC1)c1ccccc1. The van der Waals surface area contributed by atoms with Crippen molar-refractivity contribution in [3.63, 3.8) is 0 Å². The Kier molecular flexibility index (Phi) is 4.80. The fourth-order valence-corrected chi connectivity index (χ4v) is 2.37. The second-order valence-electron chi connectivity index (χ2n) is 5.16. The van der Waals surface area contributed by atoms with Crippen LogP contribution in [0.3, 0.4) is 0 Å². The van der Waals surface area contributed by atoms with E-state index >= 15 is 0 Å². The molecule has 1 aliphatic rings. The highest BCUT2D eigenvalue weighted by Crippen LogP contribution is 2.35. The molecule has 3 nitrogen and oxygen atoms in total. The lowest BCUT2D eigenvalue weighted by molar-refractivity contribution is 0.120. The Hall–Kier alpha value is -1.78. The molecule has 0 amide bonds. The van der Waals surface area contributed by atoms with Crippen LogP contribution in [0.1, 0.15) is 11.7 Å². The van der Waals surface area contributed by atoms with Gasteiger partial charge in [-0.25, -0.2) is 4.39 Å². The van der Waals surface area contributed by atoms with Crippen LogP contribution in [0.25, 0.3) is 0 Å². The number of benzene rings is 2. The van der Waals surface area contributed by atoms with Crippen molar-refractivity contribution in [2.24, 2.45) is 0 Å². The van der Waals surface area contributed by atoms with Gasteiger partial charge in [0.25, 0.3) is 0 Å². The minimum atomic E-state index is -0.663. The molecule has 1 saturated heterocycles. The number of hydrogen-bond donors (Lipinski definition) is 1. The van der Waals surface area contributed by atoms with Crippen LogP contribution in [0.5, 0.6) is 11.5 Å². The molecule has 0 spiro atoms. The Morgan fingerprint density at radius 2 is 1.91 bits per heavy atom. The fraction of sp³-hybridized carbons (Fsp3) is 0.294. The van der Waals surface area contributed by atoms with Gasteiger partial charge in [-0.2, -0.15) is 0 Å². The first kappa shape index (κ1) is 15.1. The zero-order valence-corrected chi connectivity index (χ0v) is 12.7. The van der Waals surface area contributed by atoms with Gasteiger partial charge in [0, 0.05) is 24.2 Å². The second-order valence-corrected chi connectivity index (χ2v) is 5.60. The summed E-state index contributed by atoms with van der Waals surface area (Å²) in [5.74, 6) is 1.05. The van der Waals surface area contributed by atoms with Crippen molar-refractivity contribution in [3.8, 4) is 11.5 Å². The van der Waals surface area contributed by atoms with Crippen LogP contribution in [0, 0.1) is 0 Å². The Labute approximate surface area is 134 Å². The molecule has 0 radical (unpaired) electrons. The predicted octanol–water partition coefficient (Wildman–Crippen LogP) is 3.78. The van der Waals surface area contributed by atoms with Gasteiger partial charge >= 0.3 is 0 Å². The third-order valence-electron chi connectivity index (χ3n) is 3.52. The molecule has 0 saturated carbocycles. The Morgan fingerprint density at radius 3 is 2.55 bits per heavy atom. The summed E-state index contributed by atoms with van der Waals surface area (Å²) in [5, 5.41) is 3.70. The Balaban J connectivity index is 1.80. The third kappa shape index (κ3) is 3.51. The lowest BCUT2D eigenvalue weighted by Gasteiger charge is -2.29. The number of halogens is 2. The van der Waals surface area contributed by atoms with Gasteiger partial charge in [0.1, 0.15) is 12.8 Å². The lowest BCUT2D eigenvalue weighted by atomic mass is 10.1. The Bertz CT molecular complexity index is 619. The van der Waals surface area contributed by atoms with Gasteiger partial charge < -0.3 is 14.8 Å². The molecule has 1 atom stereocenters. The largest absolute Gasteiger partial charge is 0.484 e. The average molecular weight is 322 g/mol. The molecule has 2 aromatic rings. The molecule has 2 aromatic carbocycles. The van der Waals surface area contributed by atoms with Gasteiger partial charge in [-0.05, 0) is 17.7 Å². The molecule has 0 aromatic heterocycles. The standard InChI is InChI=1S/C17H17ClFNO2/c18-13-6-7-15(16(8-13)21-14-10-20-11-14)22-17(9-19)12-4-2-1-3-5-12/h1-8,14,17,20H,9-11H2. The molecule has 1 N–H and O–H groups in total. The molecule has 0 bridgehead atoms. The molecular weight excluding hydrogens is 305 g/mol. The van der Waals surface area contributed by atoms with Gasteiger partial charge in [-0.15, -0.1) is 0 Å². The topological polar surface area (TPSA) is 30.5 Å². The van der Waals surface area contributed by atoms with Gasteiger partial charge in [0.15, 0.2) is 17.6 Å². The highest BCUT2D eigenvalue weighted by molar-refractivity contribution is 6.30. The zero-order chi connectivity index (χ0) is 15.4. The molecule has 1 heterocycles. The summed E-state index contributed by atoms with van der Waals surface area (Å²) in [7, 11) is 0. The smallest absolute Gasteiger partial charge is 0.163 e. The maximum Gasteiger partial charge on any atom is 0.163 e. The summed E-state index contributed by atoms with van der Waals surface area (Å²) in [6.45, 7) is 0.964. The van der Waals surface area contributed by atoms with Crippen molar-refractivity contribution in [2.75, 3.05) is 19.8 Å². The number of alkyl halides is 1. The quantitative estimate of drug-likeness (QED) is 0.878. The highest BCUT2D eigenvalue weighted by Gasteiger charge is 2.22. The van der Waals surface area contributed by atoms with Crippen LogP contribution >= 0.6 is 11.6 Å². The van der Waals surface area contributed by atoms with Crippen molar-refractivity contribution < 1.29 is 13.9 Å². The van der Waals surface area contributed by atoms with Crippen molar-refractivity contribution >= 4 is 11.6 Å². The summed E-state index contributed by atoms with van der Waals surface area (Å²) in [6, 6.07) is 14.4. The predicted molar refractivity (Wildman–Crippen MR) is 84.5 cm³/mol. The summed E-state index contributed by atoms with van der Waals surface area (Å²) in [5.41, 5.74) is 0.788. The van der Waals surface area contributed by atoms with Crippen LogP contribution < -0.4 is 14.8 Å². The van der Waals surface area contributed by atoms with Gasteiger partial charge in [0.05, 0.1) is 0 Å². The van der Waals surface area contributed by atoms with E-state index in [0.29, 0.717) is 16.5 Å². The molecule has 1 fully saturated rings. The van der Waals surface area contributed by atoms with E-state index in [9.17, 15) is 4.39 Å². The van der Waals surface area contributed by atoms with Crippen LogP contribution in [-0.2, 0) is 0 Å². The van der Waals surface area contributed by atoms with E-state index in [2.05, 4.69) is 5.32 Å². The summed E-state index contributed by atoms with van der Waals surface area (Å²) in [4.78, 5) is 0. The first-order valence-corrected chi connectivity index (χ1v) is 7.58. The van der Waals surface area contributed by atoms with Gasteiger partial charge in [-0.1, -0.05) is 41.9 Å². The number of rotatable bonds is 6. The molecule has 0 aliphatic carbocycles. The average Bonchev–Trinajstić information content (AvgIpc) is 2.51. The normalized spacial score (nSPS) is 15.9. The van der Waals surface area contributed by atoms with E-state index in [1.807, 2.05) is 30.3 Å². The molecule has 5 heteroatoms. The minimum Gasteiger partial charge on any atom is -0.484 e. The van der Waals surface area contributed by atoms with E-state index in [1.165, 1.54) is 0 Å². The zero-order valence-electron chi connectivity index (χ0n) is 12.0. The van der Waals surface area contributed by atoms with E-state index in [0.717, 1.165) is 18.7 Å². The molecular formula is C17H17ClFNO2. The van der Waals surface area contributed by atoms with Crippen molar-refractivity contribution in [1.82, 2.24) is 5.32 Å². The van der Waals surface area contributed by atoms with Crippen LogP contribution in [0.15, 0.2) is 48.5 Å².